The van der Waals surface area contributed by atoms with Gasteiger partial charge in [0.2, 0.25) is 5.76 Å². The van der Waals surface area contributed by atoms with E-state index in [1.807, 2.05) is 67.3 Å². The normalized spacial score (nSPS) is 22.1. The van der Waals surface area contributed by atoms with Crippen LogP contribution in [-0.2, 0) is 4.74 Å². The van der Waals surface area contributed by atoms with Crippen molar-refractivity contribution < 1.29 is 18.7 Å². The molecule has 0 bridgehead atoms. The summed E-state index contributed by atoms with van der Waals surface area (Å²) in [6.45, 7) is 11.7. The molecule has 2 aliphatic heterocycles. The first kappa shape index (κ1) is 23.9. The van der Waals surface area contributed by atoms with Crippen molar-refractivity contribution in [1.82, 2.24) is 9.80 Å². The number of hydrogen-bond acceptors (Lipinski definition) is 5. The van der Waals surface area contributed by atoms with Crippen LogP contribution in [0.15, 0.2) is 52.9 Å². The lowest BCUT2D eigenvalue weighted by atomic mass is 10.0. The fraction of sp³-hybridized carbons (Fsp3) is 0.483. The summed E-state index contributed by atoms with van der Waals surface area (Å²) in [5.74, 6) is 1.09. The van der Waals surface area contributed by atoms with Crippen molar-refractivity contribution in [3.05, 3.63) is 54.3 Å². The molecule has 1 amide bonds. The quantitative estimate of drug-likeness (QED) is 0.480. The average Bonchev–Trinajstić information content (AvgIpc) is 3.22. The van der Waals surface area contributed by atoms with Crippen molar-refractivity contribution in [1.29, 1.82) is 0 Å². The molecule has 186 valence electrons. The lowest BCUT2D eigenvalue weighted by Gasteiger charge is -2.35. The van der Waals surface area contributed by atoms with Crippen LogP contribution in [0.1, 0.15) is 51.1 Å². The zero-order valence-electron chi connectivity index (χ0n) is 21.2. The summed E-state index contributed by atoms with van der Waals surface area (Å²) in [5, 5.41) is 0.927. The second kappa shape index (κ2) is 10.0. The minimum Gasteiger partial charge on any atom is -0.490 e. The number of nitrogens with zero attached hydrogens (tertiary/aromatic N) is 2. The number of ether oxygens (including phenoxy) is 2. The highest BCUT2D eigenvalue weighted by molar-refractivity contribution is 6.08. The van der Waals surface area contributed by atoms with Crippen LogP contribution < -0.4 is 4.74 Å². The van der Waals surface area contributed by atoms with Crippen LogP contribution in [0.25, 0.3) is 22.1 Å². The van der Waals surface area contributed by atoms with Gasteiger partial charge < -0.3 is 23.7 Å². The van der Waals surface area contributed by atoms with E-state index in [1.165, 1.54) is 0 Å². The lowest BCUT2D eigenvalue weighted by Crippen LogP contribution is -2.48. The number of rotatable bonds is 5. The first-order chi connectivity index (χ1) is 16.9. The predicted molar refractivity (Wildman–Crippen MR) is 138 cm³/mol. The second-order valence-corrected chi connectivity index (χ2v) is 10.2. The van der Waals surface area contributed by atoms with E-state index in [4.69, 9.17) is 13.9 Å². The fourth-order valence-corrected chi connectivity index (χ4v) is 5.38. The topological polar surface area (TPSA) is 55.2 Å². The fourth-order valence-electron chi connectivity index (χ4n) is 5.38. The first-order valence-corrected chi connectivity index (χ1v) is 12.9. The number of fused-ring (bicyclic) bond motifs is 1. The van der Waals surface area contributed by atoms with E-state index >= 15 is 0 Å². The zero-order valence-corrected chi connectivity index (χ0v) is 21.2. The Kier molecular flexibility index (Phi) is 6.85. The number of carbonyl (C=O) groups is 1. The van der Waals surface area contributed by atoms with Crippen LogP contribution in [-0.4, -0.2) is 66.2 Å². The Bertz CT molecular complexity index is 1150. The number of piperidine rings is 1. The monoisotopic (exact) mass is 476 g/mol. The third-order valence-electron chi connectivity index (χ3n) is 7.13. The van der Waals surface area contributed by atoms with Gasteiger partial charge in [-0.2, -0.15) is 0 Å². The van der Waals surface area contributed by atoms with Gasteiger partial charge in [0, 0.05) is 49.2 Å². The van der Waals surface area contributed by atoms with Crippen LogP contribution in [0.4, 0.5) is 0 Å². The SMILES string of the molecule is CC1CN(C(=O)c2oc3cc(OC4CCN(C(C)C)CC4)ccc3c2-c2ccccc2)CC(C)O1. The summed E-state index contributed by atoms with van der Waals surface area (Å²) in [4.78, 5) is 18.0. The van der Waals surface area contributed by atoms with Crippen molar-refractivity contribution in [2.75, 3.05) is 26.2 Å². The molecule has 2 saturated heterocycles. The molecule has 2 fully saturated rings. The maximum absolute atomic E-state index is 13.7. The van der Waals surface area contributed by atoms with Gasteiger partial charge in [-0.25, -0.2) is 0 Å². The van der Waals surface area contributed by atoms with Crippen LogP contribution >= 0.6 is 0 Å². The van der Waals surface area contributed by atoms with Crippen LogP contribution in [0, 0.1) is 0 Å². The second-order valence-electron chi connectivity index (χ2n) is 10.2. The van der Waals surface area contributed by atoms with Gasteiger partial charge in [0.05, 0.1) is 12.2 Å². The third-order valence-corrected chi connectivity index (χ3v) is 7.13. The van der Waals surface area contributed by atoms with Crippen LogP contribution in [0.5, 0.6) is 5.75 Å². The van der Waals surface area contributed by atoms with E-state index in [0.717, 1.165) is 48.2 Å². The molecule has 2 aromatic carbocycles. The molecule has 0 aliphatic carbocycles. The van der Waals surface area contributed by atoms with Gasteiger partial charge in [0.1, 0.15) is 17.4 Å². The van der Waals surface area contributed by atoms with Gasteiger partial charge in [-0.1, -0.05) is 30.3 Å². The molecule has 6 heteroatoms. The van der Waals surface area contributed by atoms with Gasteiger partial charge >= 0.3 is 0 Å². The van der Waals surface area contributed by atoms with Crippen molar-refractivity contribution in [2.24, 2.45) is 0 Å². The number of furan rings is 1. The summed E-state index contributed by atoms with van der Waals surface area (Å²) in [5.41, 5.74) is 2.49. The molecule has 3 aromatic rings. The Balaban J connectivity index is 1.45. The lowest BCUT2D eigenvalue weighted by molar-refractivity contribution is -0.0591. The van der Waals surface area contributed by atoms with Crippen molar-refractivity contribution in [2.45, 2.75) is 64.9 Å². The van der Waals surface area contributed by atoms with E-state index in [9.17, 15) is 4.79 Å². The Morgan fingerprint density at radius 2 is 1.69 bits per heavy atom. The van der Waals surface area contributed by atoms with Gasteiger partial charge in [0.25, 0.3) is 5.91 Å². The van der Waals surface area contributed by atoms with E-state index in [1.54, 1.807) is 0 Å². The summed E-state index contributed by atoms with van der Waals surface area (Å²) < 4.78 is 18.5. The molecular formula is C29H36N2O4. The largest absolute Gasteiger partial charge is 0.490 e. The smallest absolute Gasteiger partial charge is 0.290 e. The van der Waals surface area contributed by atoms with Gasteiger partial charge in [-0.15, -0.1) is 0 Å². The summed E-state index contributed by atoms with van der Waals surface area (Å²) in [6, 6.07) is 16.6. The molecule has 0 saturated carbocycles. The Morgan fingerprint density at radius 3 is 2.34 bits per heavy atom. The summed E-state index contributed by atoms with van der Waals surface area (Å²) in [7, 11) is 0. The molecule has 6 nitrogen and oxygen atoms in total. The minimum absolute atomic E-state index is 0.00521. The number of morpholine rings is 1. The van der Waals surface area contributed by atoms with E-state index < -0.39 is 0 Å². The maximum atomic E-state index is 13.7. The maximum Gasteiger partial charge on any atom is 0.290 e. The number of carbonyl (C=O) groups excluding carboxylic acids is 1. The highest BCUT2D eigenvalue weighted by Crippen LogP contribution is 2.38. The molecule has 2 atom stereocenters. The number of likely N-dealkylation sites (tertiary alicyclic amines) is 1. The highest BCUT2D eigenvalue weighted by atomic mass is 16.5. The predicted octanol–water partition coefficient (Wildman–Crippen LogP) is 5.60. The molecule has 5 rings (SSSR count). The molecule has 0 spiro atoms. The summed E-state index contributed by atoms with van der Waals surface area (Å²) >= 11 is 0. The average molecular weight is 477 g/mol. The van der Waals surface area contributed by atoms with Crippen molar-refractivity contribution in [3.63, 3.8) is 0 Å². The van der Waals surface area contributed by atoms with Gasteiger partial charge in [-0.3, -0.25) is 4.79 Å². The van der Waals surface area contributed by atoms with Gasteiger partial charge in [0.15, 0.2) is 0 Å². The Labute approximate surface area is 207 Å². The molecule has 2 aliphatic rings. The number of hydrogen-bond donors (Lipinski definition) is 0. The number of amides is 1. The standard InChI is InChI=1S/C29H36N2O4/c1-19(2)30-14-12-23(13-15-30)34-24-10-11-25-26(16-24)35-28(27(25)22-8-6-5-7-9-22)29(32)31-17-20(3)33-21(4)18-31/h5-11,16,19-21,23H,12-15,17-18H2,1-4H3. The highest BCUT2D eigenvalue weighted by Gasteiger charge is 2.31. The molecule has 3 heterocycles. The first-order valence-electron chi connectivity index (χ1n) is 12.9. The molecule has 2 unspecified atom stereocenters. The summed E-state index contributed by atoms with van der Waals surface area (Å²) in [6.07, 6.45) is 2.22. The van der Waals surface area contributed by atoms with Gasteiger partial charge in [-0.05, 0) is 58.2 Å². The Morgan fingerprint density at radius 1 is 1.00 bits per heavy atom. The number of benzene rings is 2. The molecular weight excluding hydrogens is 440 g/mol. The van der Waals surface area contributed by atoms with Crippen molar-refractivity contribution >= 4 is 16.9 Å². The molecule has 0 radical (unpaired) electrons. The van der Waals surface area contributed by atoms with E-state index in [2.05, 4.69) is 18.7 Å². The molecule has 0 N–H and O–H groups in total. The molecule has 1 aromatic heterocycles. The third kappa shape index (κ3) is 5.09. The van der Waals surface area contributed by atoms with Crippen LogP contribution in [0.2, 0.25) is 0 Å². The molecule has 35 heavy (non-hydrogen) atoms. The Hall–Kier alpha value is -2.83. The van der Waals surface area contributed by atoms with Crippen molar-refractivity contribution in [3.8, 4) is 16.9 Å². The van der Waals surface area contributed by atoms with E-state index in [0.29, 0.717) is 30.5 Å². The van der Waals surface area contributed by atoms with E-state index in [-0.39, 0.29) is 24.2 Å². The minimum atomic E-state index is -0.0921. The zero-order chi connectivity index (χ0) is 24.5. The van der Waals surface area contributed by atoms with Crippen LogP contribution in [0.3, 0.4) is 0 Å².